The number of amides is 1. The maximum Gasteiger partial charge on any atom is 0.266 e. The Kier molecular flexibility index (Phi) is 7.53. The molecule has 2 aromatic rings. The quantitative estimate of drug-likeness (QED) is 0.366. The molecular weight excluding hydrogens is 484 g/mol. The lowest BCUT2D eigenvalue weighted by Crippen LogP contribution is -2.27. The van der Waals surface area contributed by atoms with Crippen LogP contribution in [0.25, 0.3) is 6.08 Å². The van der Waals surface area contributed by atoms with Crippen LogP contribution in [0, 0.1) is 11.3 Å². The SMILES string of the molecule is CCOc1cc(/C=C2\SC(=S)N(CC)C2=O)cc(Br)c1OCc1ccccc1C#N. The van der Waals surface area contributed by atoms with Crippen LogP contribution >= 0.6 is 39.9 Å². The average molecular weight is 503 g/mol. The molecule has 3 rings (SSSR count). The summed E-state index contributed by atoms with van der Waals surface area (Å²) in [6.45, 7) is 5.03. The highest BCUT2D eigenvalue weighted by Gasteiger charge is 2.30. The lowest BCUT2D eigenvalue weighted by atomic mass is 10.1. The van der Waals surface area contributed by atoms with Crippen molar-refractivity contribution in [2.75, 3.05) is 13.2 Å². The van der Waals surface area contributed by atoms with Gasteiger partial charge in [-0.3, -0.25) is 9.69 Å². The number of carbonyl (C=O) groups excluding carboxylic acids is 1. The lowest BCUT2D eigenvalue weighted by molar-refractivity contribution is -0.121. The first-order chi connectivity index (χ1) is 14.5. The zero-order valence-electron chi connectivity index (χ0n) is 16.5. The number of nitrogens with zero attached hydrogens (tertiary/aromatic N) is 2. The Bertz CT molecular complexity index is 1060. The molecule has 30 heavy (non-hydrogen) atoms. The van der Waals surface area contributed by atoms with Gasteiger partial charge in [-0.25, -0.2) is 0 Å². The maximum atomic E-state index is 12.5. The van der Waals surface area contributed by atoms with E-state index in [0.717, 1.165) is 11.1 Å². The number of rotatable bonds is 7. The van der Waals surface area contributed by atoms with E-state index in [2.05, 4.69) is 22.0 Å². The molecule has 0 radical (unpaired) electrons. The molecule has 0 aliphatic carbocycles. The number of hydrogen-bond donors (Lipinski definition) is 0. The van der Waals surface area contributed by atoms with Gasteiger partial charge in [0.1, 0.15) is 10.9 Å². The van der Waals surface area contributed by atoms with Crippen LogP contribution in [0.3, 0.4) is 0 Å². The van der Waals surface area contributed by atoms with Gasteiger partial charge in [0, 0.05) is 12.1 Å². The lowest BCUT2D eigenvalue weighted by Gasteiger charge is -2.15. The van der Waals surface area contributed by atoms with Gasteiger partial charge in [0.2, 0.25) is 0 Å². The molecule has 154 valence electrons. The smallest absolute Gasteiger partial charge is 0.266 e. The highest BCUT2D eigenvalue weighted by molar-refractivity contribution is 9.10. The Morgan fingerprint density at radius 3 is 2.70 bits per heavy atom. The first-order valence-electron chi connectivity index (χ1n) is 9.31. The van der Waals surface area contributed by atoms with E-state index in [0.29, 0.717) is 43.9 Å². The highest BCUT2D eigenvalue weighted by Crippen LogP contribution is 2.39. The molecule has 0 bridgehead atoms. The van der Waals surface area contributed by atoms with Crippen LogP contribution in [0.1, 0.15) is 30.5 Å². The first-order valence-corrected chi connectivity index (χ1v) is 11.3. The molecule has 0 N–H and O–H groups in total. The van der Waals surface area contributed by atoms with Crippen molar-refractivity contribution in [3.63, 3.8) is 0 Å². The van der Waals surface area contributed by atoms with Crippen LogP contribution in [-0.4, -0.2) is 28.3 Å². The topological polar surface area (TPSA) is 62.6 Å². The molecule has 1 aliphatic heterocycles. The summed E-state index contributed by atoms with van der Waals surface area (Å²) < 4.78 is 13.0. The second kappa shape index (κ2) is 10.1. The van der Waals surface area contributed by atoms with Crippen LogP contribution in [0.2, 0.25) is 0 Å². The summed E-state index contributed by atoms with van der Waals surface area (Å²) >= 11 is 10.1. The third-order valence-corrected chi connectivity index (χ3v) is 6.30. The summed E-state index contributed by atoms with van der Waals surface area (Å²) in [6.07, 6.45) is 1.80. The van der Waals surface area contributed by atoms with Gasteiger partial charge in [0.15, 0.2) is 11.5 Å². The van der Waals surface area contributed by atoms with E-state index in [1.807, 2.05) is 44.2 Å². The van der Waals surface area contributed by atoms with Gasteiger partial charge >= 0.3 is 0 Å². The number of halogens is 1. The molecular formula is C22H19BrN2O3S2. The number of benzene rings is 2. The van der Waals surface area contributed by atoms with Crippen LogP contribution in [0.15, 0.2) is 45.8 Å². The van der Waals surface area contributed by atoms with Crippen LogP contribution < -0.4 is 9.47 Å². The van der Waals surface area contributed by atoms with E-state index in [1.165, 1.54) is 11.8 Å². The summed E-state index contributed by atoms with van der Waals surface area (Å²) in [7, 11) is 0. The van der Waals surface area contributed by atoms with Gasteiger partial charge < -0.3 is 9.47 Å². The van der Waals surface area contributed by atoms with E-state index in [1.54, 1.807) is 17.0 Å². The van der Waals surface area contributed by atoms with Crippen molar-refractivity contribution in [1.82, 2.24) is 4.90 Å². The summed E-state index contributed by atoms with van der Waals surface area (Å²) in [5.41, 5.74) is 2.16. The van der Waals surface area contributed by atoms with E-state index in [4.69, 9.17) is 21.7 Å². The third-order valence-electron chi connectivity index (χ3n) is 4.33. The fourth-order valence-corrected chi connectivity index (χ4v) is 4.86. The van der Waals surface area contributed by atoms with Crippen molar-refractivity contribution in [2.24, 2.45) is 0 Å². The van der Waals surface area contributed by atoms with Gasteiger partial charge in [-0.1, -0.05) is 42.2 Å². The number of thioether (sulfide) groups is 1. The number of thiocarbonyl (C=S) groups is 1. The van der Waals surface area contributed by atoms with Gasteiger partial charge in [-0.05, 0) is 59.6 Å². The molecule has 1 aliphatic rings. The fraction of sp³-hybridized carbons (Fsp3) is 0.227. The van der Waals surface area contributed by atoms with Gasteiger partial charge in [-0.2, -0.15) is 5.26 Å². The highest BCUT2D eigenvalue weighted by atomic mass is 79.9. The maximum absolute atomic E-state index is 12.5. The molecule has 0 aromatic heterocycles. The zero-order valence-corrected chi connectivity index (χ0v) is 19.7. The second-order valence-electron chi connectivity index (χ2n) is 6.25. The summed E-state index contributed by atoms with van der Waals surface area (Å²) in [5, 5.41) is 9.27. The Hall–Kier alpha value is -2.34. The van der Waals surface area contributed by atoms with Gasteiger partial charge in [0.25, 0.3) is 5.91 Å². The molecule has 8 heteroatoms. The molecule has 0 atom stereocenters. The number of likely N-dealkylation sites (N-methyl/N-ethyl adjacent to an activating group) is 1. The molecule has 1 amide bonds. The Balaban J connectivity index is 1.89. The van der Waals surface area contributed by atoms with E-state index in [9.17, 15) is 10.1 Å². The minimum Gasteiger partial charge on any atom is -0.490 e. The van der Waals surface area contributed by atoms with E-state index < -0.39 is 0 Å². The van der Waals surface area contributed by atoms with Crippen molar-refractivity contribution in [2.45, 2.75) is 20.5 Å². The predicted molar refractivity (Wildman–Crippen MR) is 126 cm³/mol. The predicted octanol–water partition coefficient (Wildman–Crippen LogP) is 5.52. The van der Waals surface area contributed by atoms with E-state index in [-0.39, 0.29) is 12.5 Å². The number of nitriles is 1. The Morgan fingerprint density at radius 1 is 1.27 bits per heavy atom. The molecule has 1 fully saturated rings. The number of hydrogen-bond acceptors (Lipinski definition) is 6. The van der Waals surface area contributed by atoms with Crippen molar-refractivity contribution in [3.05, 3.63) is 62.5 Å². The van der Waals surface area contributed by atoms with Crippen molar-refractivity contribution in [3.8, 4) is 17.6 Å². The van der Waals surface area contributed by atoms with Gasteiger partial charge in [0.05, 0.1) is 27.6 Å². The van der Waals surface area contributed by atoms with Crippen LogP contribution in [-0.2, 0) is 11.4 Å². The summed E-state index contributed by atoms with van der Waals surface area (Å²) in [4.78, 5) is 14.6. The Morgan fingerprint density at radius 2 is 2.03 bits per heavy atom. The van der Waals surface area contributed by atoms with Crippen molar-refractivity contribution in [1.29, 1.82) is 5.26 Å². The zero-order chi connectivity index (χ0) is 21.7. The first kappa shape index (κ1) is 22.3. The molecule has 1 heterocycles. The third kappa shape index (κ3) is 4.86. The van der Waals surface area contributed by atoms with Crippen molar-refractivity contribution >= 4 is 56.2 Å². The standard InChI is InChI=1S/C22H19BrN2O3S2/c1-3-25-21(26)19(30-22(25)29)11-14-9-17(23)20(18(10-14)27-4-2)28-13-16-8-6-5-7-15(16)12-24/h5-11H,3-4,13H2,1-2H3/b19-11-. The van der Waals surface area contributed by atoms with Crippen molar-refractivity contribution < 1.29 is 14.3 Å². The Labute approximate surface area is 193 Å². The van der Waals surface area contributed by atoms with Crippen LogP contribution in [0.4, 0.5) is 0 Å². The monoisotopic (exact) mass is 502 g/mol. The molecule has 5 nitrogen and oxygen atoms in total. The van der Waals surface area contributed by atoms with Gasteiger partial charge in [-0.15, -0.1) is 0 Å². The largest absolute Gasteiger partial charge is 0.490 e. The average Bonchev–Trinajstić information content (AvgIpc) is 3.00. The minimum absolute atomic E-state index is 0.0879. The number of ether oxygens (including phenoxy) is 2. The molecule has 2 aromatic carbocycles. The molecule has 0 spiro atoms. The molecule has 0 saturated carbocycles. The summed E-state index contributed by atoms with van der Waals surface area (Å²) in [6, 6.07) is 13.2. The van der Waals surface area contributed by atoms with E-state index >= 15 is 0 Å². The normalized spacial score (nSPS) is 14.9. The molecule has 1 saturated heterocycles. The summed E-state index contributed by atoms with van der Waals surface area (Å²) in [5.74, 6) is 1.01. The fourth-order valence-electron chi connectivity index (χ4n) is 2.90. The number of carbonyl (C=O) groups is 1. The minimum atomic E-state index is -0.0879. The molecule has 0 unspecified atom stereocenters. The second-order valence-corrected chi connectivity index (χ2v) is 8.78. The van der Waals surface area contributed by atoms with Crippen LogP contribution in [0.5, 0.6) is 11.5 Å².